The molecule has 0 aliphatic carbocycles. The van der Waals surface area contributed by atoms with Gasteiger partial charge in [0.25, 0.3) is 0 Å². The molecule has 0 aliphatic rings. The summed E-state index contributed by atoms with van der Waals surface area (Å²) < 4.78 is 6.85. The van der Waals surface area contributed by atoms with Crippen molar-refractivity contribution in [3.8, 4) is 11.5 Å². The molecule has 1 amide bonds. The zero-order valence-electron chi connectivity index (χ0n) is 15.9. The first-order valence-electron chi connectivity index (χ1n) is 9.15. The molecule has 0 aliphatic heterocycles. The summed E-state index contributed by atoms with van der Waals surface area (Å²) in [5.74, 6) is 0.944. The second kappa shape index (κ2) is 10.7. The Labute approximate surface area is 188 Å². The minimum Gasteiger partial charge on any atom is -0.456 e. The molecular weight excluding hydrogens is 493 g/mol. The summed E-state index contributed by atoms with van der Waals surface area (Å²) in [6.45, 7) is 0. The van der Waals surface area contributed by atoms with Gasteiger partial charge < -0.3 is 20.3 Å². The van der Waals surface area contributed by atoms with E-state index in [1.54, 1.807) is 30.3 Å². The number of ether oxygens (including phenoxy) is 1. The second-order valence-corrected chi connectivity index (χ2v) is 7.47. The van der Waals surface area contributed by atoms with E-state index in [1.165, 1.54) is 12.2 Å². The van der Waals surface area contributed by atoms with Gasteiger partial charge in [0.1, 0.15) is 11.5 Å². The number of carbonyl (C=O) groups is 1. The normalized spacial score (nSPS) is 11.7. The van der Waals surface area contributed by atoms with E-state index < -0.39 is 12.2 Å². The Hall–Kier alpha value is -2.94. The Bertz CT molecular complexity index is 1040. The van der Waals surface area contributed by atoms with Gasteiger partial charge in [-0.3, -0.25) is 4.79 Å². The number of nitrogens with one attached hydrogen (secondary N) is 1. The summed E-state index contributed by atoms with van der Waals surface area (Å²) in [7, 11) is 0. The van der Waals surface area contributed by atoms with E-state index in [4.69, 9.17) is 4.74 Å². The van der Waals surface area contributed by atoms with Crippen LogP contribution in [-0.4, -0.2) is 22.4 Å². The number of benzene rings is 3. The Balaban J connectivity index is 1.68. The van der Waals surface area contributed by atoms with E-state index >= 15 is 0 Å². The predicted octanol–water partition coefficient (Wildman–Crippen LogP) is 4.56. The first-order valence-corrected chi connectivity index (χ1v) is 10.2. The average Bonchev–Trinajstić information content (AvgIpc) is 2.75. The highest BCUT2D eigenvalue weighted by atomic mass is 127. The molecule has 0 spiro atoms. The average molecular weight is 513 g/mol. The van der Waals surface area contributed by atoms with Gasteiger partial charge in [0.05, 0.1) is 9.27 Å². The summed E-state index contributed by atoms with van der Waals surface area (Å²) in [4.78, 5) is 12.1. The molecule has 6 heteroatoms. The number of aliphatic hydroxyl groups excluding tert-OH is 1. The zero-order valence-corrected chi connectivity index (χ0v) is 18.1. The maximum atomic E-state index is 12.1. The maximum Gasteiger partial charge on any atom is 0.248 e. The number of amides is 1. The number of hydrogen-bond acceptors (Lipinski definition) is 4. The predicted molar refractivity (Wildman–Crippen MR) is 125 cm³/mol. The summed E-state index contributed by atoms with van der Waals surface area (Å²) in [6, 6.07) is 24.1. The molecule has 30 heavy (non-hydrogen) atoms. The van der Waals surface area contributed by atoms with Crippen LogP contribution in [0.5, 0.6) is 11.5 Å². The molecular formula is C24H20INO4. The lowest BCUT2D eigenvalue weighted by molar-refractivity contribution is -0.117. The number of para-hydroxylation sites is 1. The molecule has 152 valence electrons. The lowest BCUT2D eigenvalue weighted by atomic mass is 10.1. The van der Waals surface area contributed by atoms with Crippen LogP contribution in [0.4, 0.5) is 0 Å². The lowest BCUT2D eigenvalue weighted by Gasteiger charge is -2.11. The second-order valence-electron chi connectivity index (χ2n) is 6.31. The van der Waals surface area contributed by atoms with Gasteiger partial charge in [-0.2, -0.15) is 0 Å². The summed E-state index contributed by atoms with van der Waals surface area (Å²) in [5.41, 5.74) is 1.52. The van der Waals surface area contributed by atoms with Crippen molar-refractivity contribution < 1.29 is 19.7 Å². The van der Waals surface area contributed by atoms with E-state index in [-0.39, 0.29) is 5.70 Å². The van der Waals surface area contributed by atoms with E-state index in [0.717, 1.165) is 14.9 Å². The Morgan fingerprint density at radius 2 is 1.57 bits per heavy atom. The molecule has 3 rings (SSSR count). The van der Waals surface area contributed by atoms with Crippen molar-refractivity contribution >= 4 is 40.7 Å². The van der Waals surface area contributed by atoms with Gasteiger partial charge in [-0.15, -0.1) is 0 Å². The Morgan fingerprint density at radius 1 is 0.900 bits per heavy atom. The zero-order chi connectivity index (χ0) is 21.3. The minimum atomic E-state index is -1.82. The minimum absolute atomic E-state index is 0.0241. The van der Waals surface area contributed by atoms with Crippen molar-refractivity contribution in [1.29, 1.82) is 0 Å². The van der Waals surface area contributed by atoms with Crippen LogP contribution >= 0.6 is 22.6 Å². The van der Waals surface area contributed by atoms with Crippen LogP contribution in [0.3, 0.4) is 0 Å². The van der Waals surface area contributed by atoms with E-state index in [9.17, 15) is 15.0 Å². The van der Waals surface area contributed by atoms with Gasteiger partial charge in [-0.05, 0) is 70.1 Å². The van der Waals surface area contributed by atoms with Gasteiger partial charge in [0, 0.05) is 6.08 Å². The Kier molecular flexibility index (Phi) is 7.78. The van der Waals surface area contributed by atoms with Crippen LogP contribution in [-0.2, 0) is 4.79 Å². The smallest absolute Gasteiger partial charge is 0.248 e. The van der Waals surface area contributed by atoms with E-state index in [0.29, 0.717) is 11.3 Å². The number of halogens is 1. The standard InChI is InChI=1S/C24H20INO4/c25-20-8-4-5-9-22(20)30-19-13-10-18(11-14-19)16-21(24(28)29)26-23(27)15-12-17-6-2-1-3-7-17/h1-16,24,28-29H,(H,26,27)/b15-12+,21-16-. The lowest BCUT2D eigenvalue weighted by Crippen LogP contribution is -2.28. The number of hydrogen-bond donors (Lipinski definition) is 3. The third-order valence-corrected chi connectivity index (χ3v) is 4.93. The fraction of sp³-hybridized carbons (Fsp3) is 0.0417. The Morgan fingerprint density at radius 3 is 2.23 bits per heavy atom. The van der Waals surface area contributed by atoms with Gasteiger partial charge in [0.2, 0.25) is 5.91 Å². The maximum absolute atomic E-state index is 12.1. The quantitative estimate of drug-likeness (QED) is 0.246. The molecule has 0 aromatic heterocycles. The van der Waals surface area contributed by atoms with Crippen LogP contribution in [0.15, 0.2) is 90.6 Å². The fourth-order valence-corrected chi connectivity index (χ4v) is 3.06. The molecule has 0 fully saturated rings. The third kappa shape index (κ3) is 6.55. The molecule has 0 atom stereocenters. The molecule has 0 unspecified atom stereocenters. The van der Waals surface area contributed by atoms with E-state index in [1.807, 2.05) is 54.6 Å². The molecule has 0 saturated carbocycles. The highest BCUT2D eigenvalue weighted by Gasteiger charge is 2.10. The van der Waals surface area contributed by atoms with Crippen molar-refractivity contribution in [3.05, 3.63) is 105 Å². The molecule has 0 radical (unpaired) electrons. The number of carbonyl (C=O) groups excluding carboxylic acids is 1. The highest BCUT2D eigenvalue weighted by molar-refractivity contribution is 14.1. The van der Waals surface area contributed by atoms with Gasteiger partial charge in [0.15, 0.2) is 6.29 Å². The third-order valence-electron chi connectivity index (χ3n) is 4.04. The summed E-state index contributed by atoms with van der Waals surface area (Å²) in [5, 5.41) is 21.7. The van der Waals surface area contributed by atoms with Crippen LogP contribution in [0, 0.1) is 3.57 Å². The first kappa shape index (κ1) is 21.8. The summed E-state index contributed by atoms with van der Waals surface area (Å²) in [6.07, 6.45) is 2.66. The van der Waals surface area contributed by atoms with Crippen molar-refractivity contribution in [2.45, 2.75) is 6.29 Å². The largest absolute Gasteiger partial charge is 0.456 e. The van der Waals surface area contributed by atoms with Crippen LogP contribution in [0.1, 0.15) is 11.1 Å². The molecule has 5 nitrogen and oxygen atoms in total. The SMILES string of the molecule is O=C(/C=C/c1ccccc1)N/C(=C\c1ccc(Oc2ccccc2I)cc1)C(O)O. The molecule has 3 aromatic carbocycles. The van der Waals surface area contributed by atoms with Crippen molar-refractivity contribution in [2.24, 2.45) is 0 Å². The monoisotopic (exact) mass is 513 g/mol. The molecule has 0 bridgehead atoms. The van der Waals surface area contributed by atoms with Crippen LogP contribution in [0.2, 0.25) is 0 Å². The van der Waals surface area contributed by atoms with Crippen LogP contribution in [0.25, 0.3) is 12.2 Å². The van der Waals surface area contributed by atoms with Gasteiger partial charge in [-0.25, -0.2) is 0 Å². The van der Waals surface area contributed by atoms with E-state index in [2.05, 4.69) is 27.9 Å². The first-order chi connectivity index (χ1) is 14.5. The molecule has 3 aromatic rings. The number of rotatable bonds is 7. The highest BCUT2D eigenvalue weighted by Crippen LogP contribution is 2.26. The topological polar surface area (TPSA) is 78.8 Å². The molecule has 0 saturated heterocycles. The molecule has 0 heterocycles. The fourth-order valence-electron chi connectivity index (χ4n) is 2.56. The van der Waals surface area contributed by atoms with Crippen molar-refractivity contribution in [3.63, 3.8) is 0 Å². The number of aliphatic hydroxyl groups is 2. The van der Waals surface area contributed by atoms with Gasteiger partial charge >= 0.3 is 0 Å². The molecule has 3 N–H and O–H groups in total. The van der Waals surface area contributed by atoms with Crippen molar-refractivity contribution in [2.75, 3.05) is 0 Å². The van der Waals surface area contributed by atoms with Crippen molar-refractivity contribution in [1.82, 2.24) is 5.32 Å². The van der Waals surface area contributed by atoms with Crippen LogP contribution < -0.4 is 10.1 Å². The summed E-state index contributed by atoms with van der Waals surface area (Å²) >= 11 is 2.20. The van der Waals surface area contributed by atoms with Gasteiger partial charge in [-0.1, -0.05) is 54.6 Å².